The van der Waals surface area contributed by atoms with E-state index in [0.29, 0.717) is 53.7 Å². The predicted octanol–water partition coefficient (Wildman–Crippen LogP) is 9.48. The first-order valence-electron chi connectivity index (χ1n) is 17.2. The third-order valence-corrected chi connectivity index (χ3v) is 9.42. The molecule has 0 bridgehead atoms. The van der Waals surface area contributed by atoms with E-state index in [4.69, 9.17) is 42.1 Å². The van der Waals surface area contributed by atoms with E-state index >= 15 is 0 Å². The molecule has 1 aliphatic rings. The summed E-state index contributed by atoms with van der Waals surface area (Å²) in [6, 6.07) is 31.1. The van der Waals surface area contributed by atoms with Gasteiger partial charge in [-0.2, -0.15) is 0 Å². The maximum Gasteiger partial charge on any atom is 0.246 e. The van der Waals surface area contributed by atoms with Crippen molar-refractivity contribution in [1.82, 2.24) is 14.8 Å². The molecule has 276 valence electrons. The lowest BCUT2D eigenvalue weighted by atomic mass is 10.1. The van der Waals surface area contributed by atoms with Crippen molar-refractivity contribution in [2.75, 3.05) is 39.9 Å². The fourth-order valence-corrected chi connectivity index (χ4v) is 6.31. The van der Waals surface area contributed by atoms with Gasteiger partial charge in [-0.25, -0.2) is 4.98 Å². The van der Waals surface area contributed by atoms with E-state index in [1.54, 1.807) is 43.7 Å². The number of pyridine rings is 1. The van der Waals surface area contributed by atoms with Crippen LogP contribution in [-0.2, 0) is 24.4 Å². The summed E-state index contributed by atoms with van der Waals surface area (Å²) < 4.78 is 23.0. The third kappa shape index (κ3) is 11.4. The first-order chi connectivity index (χ1) is 25.3. The van der Waals surface area contributed by atoms with Gasteiger partial charge in [0, 0.05) is 61.9 Å². The molecular formula is C42H42Cl3N3O5. The van der Waals surface area contributed by atoms with E-state index in [-0.39, 0.29) is 18.3 Å². The molecule has 53 heavy (non-hydrogen) atoms. The number of halogens is 3. The second kappa shape index (κ2) is 19.4. The van der Waals surface area contributed by atoms with E-state index in [2.05, 4.69) is 34.1 Å². The zero-order valence-corrected chi connectivity index (χ0v) is 32.0. The summed E-state index contributed by atoms with van der Waals surface area (Å²) in [6.45, 7) is 6.62. The zero-order chi connectivity index (χ0) is 36.3. The highest BCUT2D eigenvalue weighted by Gasteiger charge is 2.20. The molecule has 8 nitrogen and oxygen atoms in total. The topological polar surface area (TPSA) is 73.4 Å². The Labute approximate surface area is 327 Å². The Morgan fingerprint density at radius 2 is 1.51 bits per heavy atom. The van der Waals surface area contributed by atoms with Gasteiger partial charge in [-0.1, -0.05) is 65.7 Å². The van der Waals surface area contributed by atoms with Crippen LogP contribution in [0.5, 0.6) is 28.9 Å². The van der Waals surface area contributed by atoms with Crippen LogP contribution in [0, 0.1) is 6.92 Å². The molecule has 1 aromatic heterocycles. The van der Waals surface area contributed by atoms with Gasteiger partial charge in [0.15, 0.2) is 5.75 Å². The molecule has 0 aliphatic carbocycles. The van der Waals surface area contributed by atoms with Gasteiger partial charge in [0.25, 0.3) is 0 Å². The average Bonchev–Trinajstić information content (AvgIpc) is 3.17. The predicted molar refractivity (Wildman–Crippen MR) is 213 cm³/mol. The first kappa shape index (κ1) is 39.5. The van der Waals surface area contributed by atoms with Crippen LogP contribution in [0.1, 0.15) is 27.8 Å². The van der Waals surface area contributed by atoms with Crippen molar-refractivity contribution in [3.8, 4) is 28.9 Å². The highest BCUT2D eigenvalue weighted by Crippen LogP contribution is 2.34. The standard InChI is InChI=1S/C42H41Cl2N3O5.ClH/c1-30-25-33(26-39(44)42(30)52-40-17-16-37(27-45-40)51-29-34-5-3-4-6-38(34)43)11-18-41(48)47-22-20-46(21-23-47)28-32-9-14-36(15-10-32)50-24-19-31-7-12-35(49-2)13-8-31;/h3-18,25-27H,19-24,28-29H2,1-2H3;1H/b18-11+;. The number of ether oxygens (including phenoxy) is 4. The van der Waals surface area contributed by atoms with E-state index in [1.807, 2.05) is 66.4 Å². The van der Waals surface area contributed by atoms with E-state index < -0.39 is 0 Å². The van der Waals surface area contributed by atoms with Crippen molar-refractivity contribution in [2.45, 2.75) is 26.5 Å². The van der Waals surface area contributed by atoms with Gasteiger partial charge in [-0.3, -0.25) is 9.69 Å². The lowest BCUT2D eigenvalue weighted by molar-refractivity contribution is -0.127. The molecule has 4 aromatic carbocycles. The third-order valence-electron chi connectivity index (χ3n) is 8.77. The maximum absolute atomic E-state index is 13.0. The number of amides is 1. The lowest BCUT2D eigenvalue weighted by Gasteiger charge is -2.34. The second-order valence-corrected chi connectivity index (χ2v) is 13.3. The summed E-state index contributed by atoms with van der Waals surface area (Å²) in [5.41, 5.74) is 4.95. The Balaban J connectivity index is 0.00000541. The molecule has 11 heteroatoms. The van der Waals surface area contributed by atoms with Crippen LogP contribution in [0.4, 0.5) is 0 Å². The Morgan fingerprint density at radius 3 is 2.19 bits per heavy atom. The van der Waals surface area contributed by atoms with Crippen LogP contribution in [-0.4, -0.2) is 60.6 Å². The van der Waals surface area contributed by atoms with Crippen molar-refractivity contribution in [1.29, 1.82) is 0 Å². The molecule has 0 atom stereocenters. The molecule has 0 spiro atoms. The number of carbonyl (C=O) groups is 1. The number of hydrogen-bond donors (Lipinski definition) is 0. The number of carbonyl (C=O) groups excluding carboxylic acids is 1. The Bertz CT molecular complexity index is 1940. The number of hydrogen-bond acceptors (Lipinski definition) is 7. The number of methoxy groups -OCH3 is 1. The van der Waals surface area contributed by atoms with Gasteiger partial charge in [-0.15, -0.1) is 12.4 Å². The number of aromatic nitrogens is 1. The maximum atomic E-state index is 13.0. The number of nitrogens with zero attached hydrogens (tertiary/aromatic N) is 3. The highest BCUT2D eigenvalue weighted by atomic mass is 35.5. The quantitative estimate of drug-likeness (QED) is 0.104. The molecule has 5 aromatic rings. The Hall–Kier alpha value is -4.73. The molecule has 2 heterocycles. The van der Waals surface area contributed by atoms with E-state index in [1.165, 1.54) is 11.1 Å². The average molecular weight is 775 g/mol. The highest BCUT2D eigenvalue weighted by molar-refractivity contribution is 6.32. The molecule has 0 N–H and O–H groups in total. The summed E-state index contributed by atoms with van der Waals surface area (Å²) in [5.74, 6) is 3.17. The minimum atomic E-state index is -0.0223. The van der Waals surface area contributed by atoms with E-state index in [0.717, 1.165) is 54.2 Å². The molecule has 0 unspecified atom stereocenters. The Morgan fingerprint density at radius 1 is 0.811 bits per heavy atom. The zero-order valence-electron chi connectivity index (χ0n) is 29.7. The van der Waals surface area contributed by atoms with Gasteiger partial charge in [0.2, 0.25) is 11.8 Å². The molecule has 1 saturated heterocycles. The number of aryl methyl sites for hydroxylation is 1. The fraction of sp³-hybridized carbons (Fsp3) is 0.238. The van der Waals surface area contributed by atoms with Gasteiger partial charge in [-0.05, 0) is 83.8 Å². The molecule has 0 saturated carbocycles. The van der Waals surface area contributed by atoms with Crippen molar-refractivity contribution >= 4 is 47.6 Å². The van der Waals surface area contributed by atoms with Crippen LogP contribution >= 0.6 is 35.6 Å². The Kier molecular flexibility index (Phi) is 14.4. The van der Waals surface area contributed by atoms with Gasteiger partial charge in [0.1, 0.15) is 23.9 Å². The first-order valence-corrected chi connectivity index (χ1v) is 17.9. The van der Waals surface area contributed by atoms with Crippen LogP contribution in [0.25, 0.3) is 6.08 Å². The monoisotopic (exact) mass is 773 g/mol. The number of piperazine rings is 1. The van der Waals surface area contributed by atoms with Gasteiger partial charge in [0.05, 0.1) is 24.9 Å². The second-order valence-electron chi connectivity index (χ2n) is 12.5. The molecule has 1 aliphatic heterocycles. The smallest absolute Gasteiger partial charge is 0.246 e. The molecule has 1 amide bonds. The fourth-order valence-electron chi connectivity index (χ4n) is 5.80. The largest absolute Gasteiger partial charge is 0.497 e. The van der Waals surface area contributed by atoms with E-state index in [9.17, 15) is 4.79 Å². The number of benzene rings is 4. The van der Waals surface area contributed by atoms with Gasteiger partial charge >= 0.3 is 0 Å². The van der Waals surface area contributed by atoms with Crippen LogP contribution < -0.4 is 18.9 Å². The van der Waals surface area contributed by atoms with Gasteiger partial charge < -0.3 is 23.8 Å². The van der Waals surface area contributed by atoms with Crippen molar-refractivity contribution in [3.63, 3.8) is 0 Å². The molecular weight excluding hydrogens is 733 g/mol. The summed E-state index contributed by atoms with van der Waals surface area (Å²) in [7, 11) is 1.67. The van der Waals surface area contributed by atoms with Crippen molar-refractivity contribution in [3.05, 3.63) is 147 Å². The minimum absolute atomic E-state index is 0. The minimum Gasteiger partial charge on any atom is -0.497 e. The lowest BCUT2D eigenvalue weighted by Crippen LogP contribution is -2.47. The van der Waals surface area contributed by atoms with Crippen molar-refractivity contribution in [2.24, 2.45) is 0 Å². The molecule has 0 radical (unpaired) electrons. The number of rotatable bonds is 14. The summed E-state index contributed by atoms with van der Waals surface area (Å²) in [5, 5.41) is 1.08. The van der Waals surface area contributed by atoms with Crippen LogP contribution in [0.2, 0.25) is 10.0 Å². The summed E-state index contributed by atoms with van der Waals surface area (Å²) in [6.07, 6.45) is 5.83. The summed E-state index contributed by atoms with van der Waals surface area (Å²) >= 11 is 12.8. The summed E-state index contributed by atoms with van der Waals surface area (Å²) in [4.78, 5) is 21.7. The van der Waals surface area contributed by atoms with Crippen molar-refractivity contribution < 1.29 is 23.7 Å². The molecule has 6 rings (SSSR count). The SMILES string of the molecule is COc1ccc(CCOc2ccc(CN3CCN(C(=O)/C=C/c4cc(C)c(Oc5ccc(OCc6ccccc6Cl)cn5)c(Cl)c4)CC3)cc2)cc1.Cl. The normalized spacial score (nSPS) is 13.0. The van der Waals surface area contributed by atoms with Crippen LogP contribution in [0.3, 0.4) is 0 Å². The molecule has 1 fully saturated rings. The van der Waals surface area contributed by atoms with Crippen LogP contribution in [0.15, 0.2) is 109 Å².